The first-order valence-electron chi connectivity index (χ1n) is 6.42. The standard InChI is InChI=1S/C14H15F2NO3S/c1-14(7-3-2-4-8-14)13(18)17-21(19,20)10-5-6-11(15)12(16)9-10/h2-3,5-6,9H,4,7-8H2,1H3,(H,17,18). The smallest absolute Gasteiger partial charge is 0.264 e. The van der Waals surface area contributed by atoms with Crippen molar-refractivity contribution >= 4 is 15.9 Å². The summed E-state index contributed by atoms with van der Waals surface area (Å²) in [6.45, 7) is 1.67. The first-order chi connectivity index (χ1) is 9.74. The molecule has 1 aromatic carbocycles. The zero-order valence-electron chi connectivity index (χ0n) is 11.4. The van der Waals surface area contributed by atoms with Gasteiger partial charge in [0.2, 0.25) is 5.91 Å². The molecule has 0 aromatic heterocycles. The Morgan fingerprint density at radius 3 is 2.52 bits per heavy atom. The molecular formula is C14H15F2NO3S. The van der Waals surface area contributed by atoms with E-state index in [0.29, 0.717) is 31.4 Å². The van der Waals surface area contributed by atoms with Crippen LogP contribution in [0.3, 0.4) is 0 Å². The summed E-state index contributed by atoms with van der Waals surface area (Å²) >= 11 is 0. The van der Waals surface area contributed by atoms with Crippen molar-refractivity contribution in [1.29, 1.82) is 0 Å². The van der Waals surface area contributed by atoms with Crippen LogP contribution in [0, 0.1) is 17.0 Å². The number of nitrogens with one attached hydrogen (secondary N) is 1. The summed E-state index contributed by atoms with van der Waals surface area (Å²) in [5.41, 5.74) is -0.819. The summed E-state index contributed by atoms with van der Waals surface area (Å²) in [5.74, 6) is -3.07. The van der Waals surface area contributed by atoms with Crippen LogP contribution in [0.1, 0.15) is 26.2 Å². The lowest BCUT2D eigenvalue weighted by atomic mass is 9.78. The third kappa shape index (κ3) is 3.29. The molecule has 0 aliphatic heterocycles. The molecule has 1 unspecified atom stereocenters. The molecule has 0 fully saturated rings. The van der Waals surface area contributed by atoms with Crippen molar-refractivity contribution in [3.05, 3.63) is 42.0 Å². The molecule has 0 heterocycles. The molecule has 21 heavy (non-hydrogen) atoms. The lowest BCUT2D eigenvalue weighted by Gasteiger charge is -2.28. The van der Waals surface area contributed by atoms with Crippen LogP contribution in [0.4, 0.5) is 8.78 Å². The van der Waals surface area contributed by atoms with Gasteiger partial charge < -0.3 is 0 Å². The second-order valence-electron chi connectivity index (χ2n) is 5.29. The maximum absolute atomic E-state index is 13.1. The molecule has 0 bridgehead atoms. The lowest BCUT2D eigenvalue weighted by molar-refractivity contribution is -0.128. The molecule has 0 spiro atoms. The van der Waals surface area contributed by atoms with Gasteiger partial charge in [0, 0.05) is 0 Å². The number of sulfonamides is 1. The van der Waals surface area contributed by atoms with Crippen LogP contribution in [-0.4, -0.2) is 14.3 Å². The molecule has 7 heteroatoms. The second-order valence-corrected chi connectivity index (χ2v) is 6.97. The highest BCUT2D eigenvalue weighted by Gasteiger charge is 2.35. The number of benzene rings is 1. The first kappa shape index (κ1) is 15.6. The summed E-state index contributed by atoms with van der Waals surface area (Å²) in [5, 5.41) is 0. The van der Waals surface area contributed by atoms with E-state index in [9.17, 15) is 22.0 Å². The fourth-order valence-corrected chi connectivity index (χ4v) is 3.23. The van der Waals surface area contributed by atoms with E-state index in [1.54, 1.807) is 6.92 Å². The van der Waals surface area contributed by atoms with Gasteiger partial charge in [0.1, 0.15) is 0 Å². The molecule has 1 amide bonds. The van der Waals surface area contributed by atoms with E-state index in [2.05, 4.69) is 0 Å². The van der Waals surface area contributed by atoms with E-state index in [1.165, 1.54) is 0 Å². The third-order valence-corrected chi connectivity index (χ3v) is 4.90. The molecule has 0 saturated carbocycles. The van der Waals surface area contributed by atoms with Crippen molar-refractivity contribution in [2.24, 2.45) is 5.41 Å². The van der Waals surface area contributed by atoms with Crippen molar-refractivity contribution < 1.29 is 22.0 Å². The summed E-state index contributed by atoms with van der Waals surface area (Å²) < 4.78 is 52.0. The molecule has 1 aromatic rings. The lowest BCUT2D eigenvalue weighted by Crippen LogP contribution is -2.42. The van der Waals surface area contributed by atoms with Gasteiger partial charge in [-0.1, -0.05) is 19.1 Å². The largest absolute Gasteiger partial charge is 0.273 e. The molecule has 1 N–H and O–H groups in total. The SMILES string of the molecule is CC1(C(=O)NS(=O)(=O)c2ccc(F)c(F)c2)CC=CCC1. The van der Waals surface area contributed by atoms with Crippen molar-refractivity contribution in [3.63, 3.8) is 0 Å². The number of halogens is 2. The fraction of sp³-hybridized carbons (Fsp3) is 0.357. The van der Waals surface area contributed by atoms with Gasteiger partial charge in [-0.05, 0) is 37.5 Å². The van der Waals surface area contributed by atoms with Gasteiger partial charge in [-0.15, -0.1) is 0 Å². The van der Waals surface area contributed by atoms with Crippen molar-refractivity contribution in [2.45, 2.75) is 31.1 Å². The summed E-state index contributed by atoms with van der Waals surface area (Å²) in [6, 6.07) is 2.17. The Labute approximate surface area is 121 Å². The zero-order valence-corrected chi connectivity index (χ0v) is 12.2. The quantitative estimate of drug-likeness (QED) is 0.872. The Balaban J connectivity index is 2.22. The van der Waals surface area contributed by atoms with Crippen LogP contribution < -0.4 is 4.72 Å². The highest BCUT2D eigenvalue weighted by atomic mass is 32.2. The average Bonchev–Trinajstić information content (AvgIpc) is 2.42. The normalized spacial score (nSPS) is 22.0. The molecule has 2 rings (SSSR count). The number of amides is 1. The van der Waals surface area contributed by atoms with Gasteiger partial charge in [0.25, 0.3) is 10.0 Å². The van der Waals surface area contributed by atoms with E-state index in [4.69, 9.17) is 0 Å². The molecule has 1 atom stereocenters. The van der Waals surface area contributed by atoms with E-state index in [1.807, 2.05) is 16.9 Å². The Morgan fingerprint density at radius 1 is 1.24 bits per heavy atom. The number of hydrogen-bond donors (Lipinski definition) is 1. The van der Waals surface area contributed by atoms with Crippen molar-refractivity contribution in [1.82, 2.24) is 4.72 Å². The highest BCUT2D eigenvalue weighted by molar-refractivity contribution is 7.90. The van der Waals surface area contributed by atoms with Crippen LogP contribution in [0.25, 0.3) is 0 Å². The Hall–Kier alpha value is -1.76. The van der Waals surface area contributed by atoms with E-state index in [-0.39, 0.29) is 0 Å². The van der Waals surface area contributed by atoms with Crippen molar-refractivity contribution in [3.8, 4) is 0 Å². The maximum atomic E-state index is 13.1. The van der Waals surface area contributed by atoms with Crippen LogP contribution in [0.15, 0.2) is 35.2 Å². The average molecular weight is 315 g/mol. The van der Waals surface area contributed by atoms with Crippen LogP contribution in [0.5, 0.6) is 0 Å². The van der Waals surface area contributed by atoms with E-state index >= 15 is 0 Å². The minimum atomic E-state index is -4.22. The monoisotopic (exact) mass is 315 g/mol. The van der Waals surface area contributed by atoms with Gasteiger partial charge in [0.15, 0.2) is 11.6 Å². The Kier molecular flexibility index (Phi) is 4.13. The van der Waals surface area contributed by atoms with E-state index < -0.39 is 37.9 Å². The number of allylic oxidation sites excluding steroid dienone is 2. The molecule has 0 saturated heterocycles. The molecule has 1 aliphatic rings. The molecule has 4 nitrogen and oxygen atoms in total. The predicted molar refractivity (Wildman–Crippen MR) is 72.8 cm³/mol. The summed E-state index contributed by atoms with van der Waals surface area (Å²) in [4.78, 5) is 11.7. The van der Waals surface area contributed by atoms with Gasteiger partial charge in [-0.2, -0.15) is 0 Å². The summed E-state index contributed by atoms with van der Waals surface area (Å²) in [6.07, 6.45) is 5.41. The fourth-order valence-electron chi connectivity index (χ4n) is 2.12. The summed E-state index contributed by atoms with van der Waals surface area (Å²) in [7, 11) is -4.22. The van der Waals surface area contributed by atoms with Crippen LogP contribution in [0.2, 0.25) is 0 Å². The number of carbonyl (C=O) groups excluding carboxylic acids is 1. The number of rotatable bonds is 3. The number of hydrogen-bond acceptors (Lipinski definition) is 3. The minimum Gasteiger partial charge on any atom is -0.273 e. The van der Waals surface area contributed by atoms with Crippen LogP contribution in [-0.2, 0) is 14.8 Å². The molecular weight excluding hydrogens is 300 g/mol. The predicted octanol–water partition coefficient (Wildman–Crippen LogP) is 2.52. The van der Waals surface area contributed by atoms with E-state index in [0.717, 1.165) is 6.07 Å². The number of carbonyl (C=O) groups is 1. The topological polar surface area (TPSA) is 63.2 Å². The van der Waals surface area contributed by atoms with Crippen molar-refractivity contribution in [2.75, 3.05) is 0 Å². The Bertz CT molecular complexity index is 700. The highest BCUT2D eigenvalue weighted by Crippen LogP contribution is 2.32. The zero-order chi connectivity index (χ0) is 15.7. The minimum absolute atomic E-state index is 0.437. The van der Waals surface area contributed by atoms with Gasteiger partial charge >= 0.3 is 0 Å². The third-order valence-electron chi connectivity index (χ3n) is 3.57. The van der Waals surface area contributed by atoms with Gasteiger partial charge in [0.05, 0.1) is 10.3 Å². The second kappa shape index (κ2) is 5.55. The van der Waals surface area contributed by atoms with Gasteiger partial charge in [-0.3, -0.25) is 4.79 Å². The van der Waals surface area contributed by atoms with Gasteiger partial charge in [-0.25, -0.2) is 21.9 Å². The van der Waals surface area contributed by atoms with Crippen LogP contribution >= 0.6 is 0 Å². The maximum Gasteiger partial charge on any atom is 0.264 e. The molecule has 0 radical (unpaired) electrons. The first-order valence-corrected chi connectivity index (χ1v) is 7.90. The Morgan fingerprint density at radius 2 is 1.95 bits per heavy atom. The molecule has 114 valence electrons. The molecule has 1 aliphatic carbocycles.